The van der Waals surface area contributed by atoms with E-state index in [-0.39, 0.29) is 6.79 Å². The zero-order valence-corrected chi connectivity index (χ0v) is 15.6. The van der Waals surface area contributed by atoms with Crippen LogP contribution in [0.4, 0.5) is 0 Å². The Balaban J connectivity index is 1.86. The highest BCUT2D eigenvalue weighted by atomic mass is 79.9. The van der Waals surface area contributed by atoms with E-state index in [0.29, 0.717) is 27.3 Å². The van der Waals surface area contributed by atoms with Crippen molar-refractivity contribution in [2.45, 2.75) is 0 Å². The molecule has 3 rings (SSSR count). The highest BCUT2D eigenvalue weighted by Crippen LogP contribution is 2.36. The molecule has 0 radical (unpaired) electrons. The molecule has 26 heavy (non-hydrogen) atoms. The second-order valence-electron chi connectivity index (χ2n) is 5.36. The summed E-state index contributed by atoms with van der Waals surface area (Å²) in [5.41, 5.74) is 2.53. The van der Waals surface area contributed by atoms with Gasteiger partial charge in [0.25, 0.3) is 0 Å². The Hall–Kier alpha value is -2.70. The van der Waals surface area contributed by atoms with Gasteiger partial charge in [-0.05, 0) is 57.4 Å². The Bertz CT molecular complexity index is 882. The number of nitrogens with zero attached hydrogens (tertiary/aromatic N) is 1. The van der Waals surface area contributed by atoms with Crippen molar-refractivity contribution in [1.29, 1.82) is 0 Å². The minimum Gasteiger partial charge on any atom is -0.464 e. The first-order valence-corrected chi connectivity index (χ1v) is 8.59. The summed E-state index contributed by atoms with van der Waals surface area (Å²) < 4.78 is 17.0. The van der Waals surface area contributed by atoms with Gasteiger partial charge < -0.3 is 14.2 Å². The van der Waals surface area contributed by atoms with Crippen molar-refractivity contribution in [2.75, 3.05) is 13.9 Å². The second-order valence-corrected chi connectivity index (χ2v) is 6.21. The number of benzene rings is 2. The van der Waals surface area contributed by atoms with Gasteiger partial charge in [0, 0.05) is 29.5 Å². The maximum atomic E-state index is 11.2. The lowest BCUT2D eigenvalue weighted by atomic mass is 10.1. The Kier molecular flexibility index (Phi) is 5.99. The van der Waals surface area contributed by atoms with Gasteiger partial charge in [-0.25, -0.2) is 0 Å². The predicted octanol–water partition coefficient (Wildman–Crippen LogP) is 5.10. The van der Waals surface area contributed by atoms with Crippen LogP contribution in [0.2, 0.25) is 0 Å². The molecule has 0 aliphatic rings. The number of hydrogen-bond acceptors (Lipinski definition) is 5. The molecule has 0 unspecified atom stereocenters. The minimum atomic E-state index is 0.0726. The number of carbonyl (C=O) groups is 1. The number of halogens is 1. The van der Waals surface area contributed by atoms with E-state index >= 15 is 0 Å². The van der Waals surface area contributed by atoms with Crippen molar-refractivity contribution in [2.24, 2.45) is 0 Å². The van der Waals surface area contributed by atoms with E-state index in [4.69, 9.17) is 14.2 Å². The van der Waals surface area contributed by atoms with Gasteiger partial charge in [-0.1, -0.05) is 18.2 Å². The average molecular weight is 414 g/mol. The average Bonchev–Trinajstić information content (AvgIpc) is 2.69. The lowest BCUT2D eigenvalue weighted by molar-refractivity contribution is 0.0494. The fraction of sp³-hybridized carbons (Fsp3) is 0.100. The van der Waals surface area contributed by atoms with E-state index in [1.54, 1.807) is 24.5 Å². The number of carbonyl (C=O) groups excluding carboxylic acids is 1. The zero-order valence-electron chi connectivity index (χ0n) is 14.0. The molecule has 6 heteroatoms. The van der Waals surface area contributed by atoms with E-state index in [1.165, 1.54) is 7.11 Å². The minimum absolute atomic E-state index is 0.0726. The van der Waals surface area contributed by atoms with Gasteiger partial charge in [-0.2, -0.15) is 0 Å². The molecule has 132 valence electrons. The van der Waals surface area contributed by atoms with Crippen LogP contribution < -0.4 is 9.47 Å². The van der Waals surface area contributed by atoms with E-state index < -0.39 is 0 Å². The van der Waals surface area contributed by atoms with Crippen molar-refractivity contribution in [3.05, 3.63) is 71.0 Å². The summed E-state index contributed by atoms with van der Waals surface area (Å²) >= 11 is 3.34. The molecule has 0 aliphatic carbocycles. The highest BCUT2D eigenvalue weighted by Gasteiger charge is 2.12. The number of ether oxygens (including phenoxy) is 3. The number of hydrogen-bond donors (Lipinski definition) is 0. The fourth-order valence-electron chi connectivity index (χ4n) is 2.33. The van der Waals surface area contributed by atoms with Crippen molar-refractivity contribution in [1.82, 2.24) is 4.98 Å². The number of aldehydes is 1. The molecule has 3 aromatic rings. The first-order chi connectivity index (χ1) is 12.7. The van der Waals surface area contributed by atoms with Crippen LogP contribution >= 0.6 is 15.9 Å². The highest BCUT2D eigenvalue weighted by molar-refractivity contribution is 9.10. The lowest BCUT2D eigenvalue weighted by Gasteiger charge is -2.14. The van der Waals surface area contributed by atoms with Gasteiger partial charge in [0.1, 0.15) is 5.75 Å². The molecule has 0 fully saturated rings. The SMILES string of the molecule is COCOc1cc(Br)c(C=O)cc1Oc1ccc(-c2cccnc2)cc1. The second kappa shape index (κ2) is 8.60. The largest absolute Gasteiger partial charge is 0.464 e. The predicted molar refractivity (Wildman–Crippen MR) is 102 cm³/mol. The molecule has 0 saturated carbocycles. The van der Waals surface area contributed by atoms with Crippen LogP contribution in [0.5, 0.6) is 17.2 Å². The van der Waals surface area contributed by atoms with Crippen LogP contribution in [0.1, 0.15) is 10.4 Å². The molecule has 2 aromatic carbocycles. The maximum absolute atomic E-state index is 11.2. The Morgan fingerprint density at radius 3 is 2.54 bits per heavy atom. The molecule has 1 aromatic heterocycles. The number of aromatic nitrogens is 1. The molecule has 5 nitrogen and oxygen atoms in total. The van der Waals surface area contributed by atoms with E-state index in [1.807, 2.05) is 36.4 Å². The Labute approximate surface area is 159 Å². The van der Waals surface area contributed by atoms with Gasteiger partial charge >= 0.3 is 0 Å². The lowest BCUT2D eigenvalue weighted by Crippen LogP contribution is -2.01. The van der Waals surface area contributed by atoms with Gasteiger partial charge in [0.15, 0.2) is 24.6 Å². The van der Waals surface area contributed by atoms with Gasteiger partial charge in [0.05, 0.1) is 0 Å². The standard InChI is InChI=1S/C20H16BrNO4/c1-24-13-25-19-10-18(21)16(12-23)9-20(19)26-17-6-4-14(5-7-17)15-3-2-8-22-11-15/h2-12H,13H2,1H3. The van der Waals surface area contributed by atoms with Crippen molar-refractivity contribution in [3.8, 4) is 28.4 Å². The van der Waals surface area contributed by atoms with Crippen molar-refractivity contribution >= 4 is 22.2 Å². The molecule has 0 N–H and O–H groups in total. The normalized spacial score (nSPS) is 10.4. The van der Waals surface area contributed by atoms with Crippen molar-refractivity contribution < 1.29 is 19.0 Å². The van der Waals surface area contributed by atoms with Crippen LogP contribution in [-0.2, 0) is 4.74 Å². The molecule has 0 atom stereocenters. The quantitative estimate of drug-likeness (QED) is 0.398. The Morgan fingerprint density at radius 2 is 1.88 bits per heavy atom. The fourth-order valence-corrected chi connectivity index (χ4v) is 2.75. The van der Waals surface area contributed by atoms with Gasteiger partial charge in [-0.3, -0.25) is 9.78 Å². The third kappa shape index (κ3) is 4.28. The topological polar surface area (TPSA) is 57.7 Å². The molecule has 0 aliphatic heterocycles. The number of rotatable bonds is 7. The molecular weight excluding hydrogens is 398 g/mol. The summed E-state index contributed by atoms with van der Waals surface area (Å²) in [5, 5.41) is 0. The first kappa shape index (κ1) is 18.1. The van der Waals surface area contributed by atoms with Crippen LogP contribution in [0.3, 0.4) is 0 Å². The summed E-state index contributed by atoms with van der Waals surface area (Å²) in [6.07, 6.45) is 4.29. The Morgan fingerprint density at radius 1 is 1.08 bits per heavy atom. The van der Waals surface area contributed by atoms with E-state index in [0.717, 1.165) is 17.4 Å². The molecular formula is C20H16BrNO4. The number of pyridine rings is 1. The smallest absolute Gasteiger partial charge is 0.188 e. The summed E-state index contributed by atoms with van der Waals surface area (Å²) in [4.78, 5) is 15.3. The van der Waals surface area contributed by atoms with E-state index in [9.17, 15) is 4.79 Å². The molecule has 1 heterocycles. The maximum Gasteiger partial charge on any atom is 0.188 e. The van der Waals surface area contributed by atoms with Gasteiger partial charge in [-0.15, -0.1) is 0 Å². The summed E-state index contributed by atoms with van der Waals surface area (Å²) in [5.74, 6) is 1.53. The first-order valence-electron chi connectivity index (χ1n) is 7.80. The van der Waals surface area contributed by atoms with Crippen LogP contribution in [0, 0.1) is 0 Å². The molecule has 0 bridgehead atoms. The van der Waals surface area contributed by atoms with Crippen LogP contribution in [0.15, 0.2) is 65.4 Å². The zero-order chi connectivity index (χ0) is 18.4. The van der Waals surface area contributed by atoms with E-state index in [2.05, 4.69) is 20.9 Å². The molecule has 0 spiro atoms. The monoisotopic (exact) mass is 413 g/mol. The third-order valence-corrected chi connectivity index (χ3v) is 4.29. The van der Waals surface area contributed by atoms with Crippen LogP contribution in [-0.4, -0.2) is 25.2 Å². The summed E-state index contributed by atoms with van der Waals surface area (Å²) in [6, 6.07) is 14.8. The number of methoxy groups -OCH3 is 1. The molecule has 0 amide bonds. The third-order valence-electron chi connectivity index (χ3n) is 3.60. The van der Waals surface area contributed by atoms with Crippen molar-refractivity contribution in [3.63, 3.8) is 0 Å². The summed E-state index contributed by atoms with van der Waals surface area (Å²) in [6.45, 7) is 0.0726. The van der Waals surface area contributed by atoms with Crippen LogP contribution in [0.25, 0.3) is 11.1 Å². The summed E-state index contributed by atoms with van der Waals surface area (Å²) in [7, 11) is 1.53. The van der Waals surface area contributed by atoms with Gasteiger partial charge in [0.2, 0.25) is 0 Å². The molecule has 0 saturated heterocycles.